The maximum Gasteiger partial charge on any atom is 0.232 e. The van der Waals surface area contributed by atoms with Crippen molar-refractivity contribution in [3.8, 4) is 0 Å². The minimum atomic E-state index is -2.84. The van der Waals surface area contributed by atoms with Gasteiger partial charge < -0.3 is 4.90 Å². The molecule has 0 bridgehead atoms. The molecule has 1 amide bonds. The van der Waals surface area contributed by atoms with E-state index in [1.807, 2.05) is 4.90 Å². The fourth-order valence-corrected chi connectivity index (χ4v) is 6.08. The Bertz CT molecular complexity index is 696. The molecular weight excluding hydrogens is 356 g/mol. The van der Waals surface area contributed by atoms with Gasteiger partial charge in [0.2, 0.25) is 5.91 Å². The van der Waals surface area contributed by atoms with Crippen LogP contribution in [-0.4, -0.2) is 73.6 Å². The molecule has 1 aromatic carbocycles. The average Bonchev–Trinajstić information content (AvgIpc) is 2.97. The van der Waals surface area contributed by atoms with Crippen molar-refractivity contribution in [2.45, 2.75) is 25.1 Å². The lowest BCUT2D eigenvalue weighted by atomic mass is 10.2. The normalized spacial score (nSPS) is 23.7. The van der Waals surface area contributed by atoms with E-state index in [1.165, 1.54) is 11.1 Å². The zero-order chi connectivity index (χ0) is 17.9. The molecule has 0 aromatic heterocycles. The summed E-state index contributed by atoms with van der Waals surface area (Å²) in [6, 6.07) is 8.57. The number of piperazine rings is 1. The molecule has 2 heterocycles. The number of sulfone groups is 1. The number of carbonyl (C=O) groups excluding carboxylic acids is 1. The van der Waals surface area contributed by atoms with Crippen LogP contribution in [0.4, 0.5) is 0 Å². The molecule has 0 aliphatic carbocycles. The van der Waals surface area contributed by atoms with Gasteiger partial charge in [-0.1, -0.05) is 29.8 Å². The molecule has 138 valence electrons. The van der Waals surface area contributed by atoms with E-state index in [9.17, 15) is 13.2 Å². The molecule has 2 aliphatic heterocycles. The zero-order valence-corrected chi connectivity index (χ0v) is 16.3. The lowest BCUT2D eigenvalue weighted by Gasteiger charge is -2.37. The number of benzene rings is 1. The van der Waals surface area contributed by atoms with E-state index in [-0.39, 0.29) is 17.7 Å². The molecule has 0 radical (unpaired) electrons. The Morgan fingerprint density at radius 2 is 1.84 bits per heavy atom. The quantitative estimate of drug-likeness (QED) is 0.774. The van der Waals surface area contributed by atoms with Crippen molar-refractivity contribution in [2.75, 3.05) is 43.4 Å². The van der Waals surface area contributed by atoms with E-state index in [0.29, 0.717) is 24.6 Å². The molecule has 1 atom stereocenters. The van der Waals surface area contributed by atoms with Crippen molar-refractivity contribution in [1.82, 2.24) is 9.80 Å². The third-order valence-corrected chi connectivity index (χ3v) is 7.75. The Kier molecular flexibility index (Phi) is 6.07. The first-order valence-corrected chi connectivity index (χ1v) is 11.8. The van der Waals surface area contributed by atoms with Crippen molar-refractivity contribution in [3.63, 3.8) is 0 Å². The largest absolute Gasteiger partial charge is 0.339 e. The standard InChI is InChI=1S/C18H26N2O3S2/c1-15-2-4-16(5-3-15)12-24-13-18(21)20-9-7-19(8-10-20)17-6-11-25(22,23)14-17/h2-5,17H,6-14H2,1H3. The number of nitrogens with zero attached hydrogens (tertiary/aromatic N) is 2. The second kappa shape index (κ2) is 8.10. The zero-order valence-electron chi connectivity index (χ0n) is 14.7. The highest BCUT2D eigenvalue weighted by molar-refractivity contribution is 7.99. The van der Waals surface area contributed by atoms with Crippen LogP contribution in [0.15, 0.2) is 24.3 Å². The summed E-state index contributed by atoms with van der Waals surface area (Å²) in [7, 11) is -2.84. The molecule has 2 fully saturated rings. The molecule has 0 saturated carbocycles. The molecule has 3 rings (SSSR count). The number of amides is 1. The summed E-state index contributed by atoms with van der Waals surface area (Å²) in [5.41, 5.74) is 2.49. The molecule has 1 aromatic rings. The first-order chi connectivity index (χ1) is 11.9. The van der Waals surface area contributed by atoms with E-state index in [1.54, 1.807) is 11.8 Å². The predicted molar refractivity (Wildman–Crippen MR) is 103 cm³/mol. The van der Waals surface area contributed by atoms with Gasteiger partial charge in [0, 0.05) is 38.0 Å². The van der Waals surface area contributed by atoms with Gasteiger partial charge >= 0.3 is 0 Å². The summed E-state index contributed by atoms with van der Waals surface area (Å²) in [4.78, 5) is 16.5. The van der Waals surface area contributed by atoms with Crippen LogP contribution in [0.2, 0.25) is 0 Å². The number of aryl methyl sites for hydroxylation is 1. The van der Waals surface area contributed by atoms with Crippen LogP contribution < -0.4 is 0 Å². The Morgan fingerprint density at radius 3 is 2.44 bits per heavy atom. The van der Waals surface area contributed by atoms with Gasteiger partial charge in [-0.05, 0) is 18.9 Å². The van der Waals surface area contributed by atoms with Gasteiger partial charge in [-0.2, -0.15) is 0 Å². The van der Waals surface area contributed by atoms with Gasteiger partial charge in [-0.3, -0.25) is 9.69 Å². The maximum absolute atomic E-state index is 12.4. The van der Waals surface area contributed by atoms with E-state index < -0.39 is 9.84 Å². The summed E-state index contributed by atoms with van der Waals surface area (Å²) < 4.78 is 23.2. The summed E-state index contributed by atoms with van der Waals surface area (Å²) >= 11 is 1.66. The van der Waals surface area contributed by atoms with Crippen LogP contribution in [0, 0.1) is 6.92 Å². The van der Waals surface area contributed by atoms with Crippen LogP contribution in [0.1, 0.15) is 17.5 Å². The van der Waals surface area contributed by atoms with Gasteiger partial charge in [0.05, 0.1) is 17.3 Å². The van der Waals surface area contributed by atoms with Crippen LogP contribution in [-0.2, 0) is 20.4 Å². The van der Waals surface area contributed by atoms with E-state index in [0.717, 1.165) is 25.3 Å². The van der Waals surface area contributed by atoms with Crippen molar-refractivity contribution in [1.29, 1.82) is 0 Å². The fraction of sp³-hybridized carbons (Fsp3) is 0.611. The Morgan fingerprint density at radius 1 is 1.16 bits per heavy atom. The minimum Gasteiger partial charge on any atom is -0.339 e. The molecule has 7 heteroatoms. The van der Waals surface area contributed by atoms with Crippen molar-refractivity contribution in [2.24, 2.45) is 0 Å². The highest BCUT2D eigenvalue weighted by atomic mass is 32.2. The topological polar surface area (TPSA) is 57.7 Å². The maximum atomic E-state index is 12.4. The smallest absolute Gasteiger partial charge is 0.232 e. The lowest BCUT2D eigenvalue weighted by Crippen LogP contribution is -2.52. The van der Waals surface area contributed by atoms with Crippen molar-refractivity contribution >= 4 is 27.5 Å². The molecule has 25 heavy (non-hydrogen) atoms. The molecular formula is C18H26N2O3S2. The van der Waals surface area contributed by atoms with E-state index in [2.05, 4.69) is 36.1 Å². The van der Waals surface area contributed by atoms with Crippen molar-refractivity contribution < 1.29 is 13.2 Å². The summed E-state index contributed by atoms with van der Waals surface area (Å²) in [6.07, 6.45) is 0.739. The van der Waals surface area contributed by atoms with Crippen LogP contribution >= 0.6 is 11.8 Å². The van der Waals surface area contributed by atoms with Gasteiger partial charge in [-0.15, -0.1) is 11.8 Å². The number of hydrogen-bond acceptors (Lipinski definition) is 5. The number of hydrogen-bond donors (Lipinski definition) is 0. The summed E-state index contributed by atoms with van der Waals surface area (Å²) in [6.45, 7) is 5.06. The molecule has 2 aliphatic rings. The SMILES string of the molecule is Cc1ccc(CSCC(=O)N2CCN(C3CCS(=O)(=O)C3)CC2)cc1. The van der Waals surface area contributed by atoms with Crippen LogP contribution in [0.3, 0.4) is 0 Å². The second-order valence-electron chi connectivity index (χ2n) is 6.95. The van der Waals surface area contributed by atoms with Gasteiger partial charge in [0.25, 0.3) is 0 Å². The number of carbonyl (C=O) groups is 1. The minimum absolute atomic E-state index is 0.151. The Balaban J connectivity index is 1.39. The van der Waals surface area contributed by atoms with Gasteiger partial charge in [0.15, 0.2) is 9.84 Å². The third-order valence-electron chi connectivity index (χ3n) is 5.01. The van der Waals surface area contributed by atoms with E-state index in [4.69, 9.17) is 0 Å². The molecule has 2 saturated heterocycles. The first kappa shape index (κ1) is 18.7. The highest BCUT2D eigenvalue weighted by Crippen LogP contribution is 2.20. The van der Waals surface area contributed by atoms with Crippen molar-refractivity contribution in [3.05, 3.63) is 35.4 Å². The summed E-state index contributed by atoms with van der Waals surface area (Å²) in [5.74, 6) is 2.15. The fourth-order valence-electron chi connectivity index (χ4n) is 3.43. The number of thioether (sulfide) groups is 1. The van der Waals surface area contributed by atoms with Gasteiger partial charge in [0.1, 0.15) is 0 Å². The summed E-state index contributed by atoms with van der Waals surface area (Å²) in [5, 5.41) is 0. The lowest BCUT2D eigenvalue weighted by molar-refractivity contribution is -0.130. The monoisotopic (exact) mass is 382 g/mol. The Labute approximate surface area is 154 Å². The van der Waals surface area contributed by atoms with Crippen LogP contribution in [0.25, 0.3) is 0 Å². The molecule has 0 spiro atoms. The number of rotatable bonds is 5. The van der Waals surface area contributed by atoms with E-state index >= 15 is 0 Å². The van der Waals surface area contributed by atoms with Crippen LogP contribution in [0.5, 0.6) is 0 Å². The molecule has 1 unspecified atom stereocenters. The Hall–Kier alpha value is -1.05. The molecule has 0 N–H and O–H groups in total. The predicted octanol–water partition coefficient (Wildman–Crippen LogP) is 1.56. The first-order valence-electron chi connectivity index (χ1n) is 8.78. The third kappa shape index (κ3) is 5.21. The second-order valence-corrected chi connectivity index (χ2v) is 10.2. The highest BCUT2D eigenvalue weighted by Gasteiger charge is 2.34. The average molecular weight is 383 g/mol. The molecule has 5 nitrogen and oxygen atoms in total. The van der Waals surface area contributed by atoms with Gasteiger partial charge in [-0.25, -0.2) is 8.42 Å².